The minimum absolute atomic E-state index is 0.00133. The Kier molecular flexibility index (Phi) is 14.5. The summed E-state index contributed by atoms with van der Waals surface area (Å²) < 4.78 is 10.4. The van der Waals surface area contributed by atoms with Gasteiger partial charge in [0, 0.05) is 24.2 Å². The van der Waals surface area contributed by atoms with Crippen LogP contribution >= 0.6 is 0 Å². The number of ketones is 2. The number of benzene rings is 2. The van der Waals surface area contributed by atoms with Crippen molar-refractivity contribution >= 4 is 35.3 Å². The molecule has 0 saturated carbocycles. The van der Waals surface area contributed by atoms with Gasteiger partial charge in [0.25, 0.3) is 0 Å². The highest BCUT2D eigenvalue weighted by Gasteiger charge is 2.26. The number of Topliss-reactive ketones (excluding diaryl/α,β-unsaturated/α-hetero) is 2. The molecule has 2 rings (SSSR count). The molecule has 0 heterocycles. The number of amides is 2. The second kappa shape index (κ2) is 17.7. The molecule has 14 heteroatoms. The quantitative estimate of drug-likeness (QED) is 0.0426. The molecule has 0 spiro atoms. The molecular formula is C32H40N2O12. The van der Waals surface area contributed by atoms with Gasteiger partial charge in [-0.25, -0.2) is 4.79 Å². The Labute approximate surface area is 266 Å². The number of hydrogen-bond donors (Lipinski definition) is 4. The number of hydrogen-bond acceptors (Lipinski definition) is 12. The van der Waals surface area contributed by atoms with Gasteiger partial charge in [-0.2, -0.15) is 4.89 Å². The predicted octanol–water partition coefficient (Wildman–Crippen LogP) is 1.25. The molecule has 0 aliphatic carbocycles. The van der Waals surface area contributed by atoms with Crippen molar-refractivity contribution < 1.29 is 58.2 Å². The third-order valence-electron chi connectivity index (χ3n) is 6.06. The van der Waals surface area contributed by atoms with E-state index >= 15 is 0 Å². The number of carbonyl (C=O) groups excluding carboxylic acids is 6. The molecule has 2 amide bonds. The molecule has 0 saturated heterocycles. The van der Waals surface area contributed by atoms with Crippen LogP contribution < -0.4 is 15.4 Å². The standard InChI is InChI=1S/C32H40N2O12/c1-31(2,41)29(39)22-7-5-21(6-8-22)13-16-45-46-28(38)20-26(36)34-15-14-33-25(35)19-27(37)44-18-17-43-24-11-9-23(10-12-24)30(40)32(3,4)42/h5-12,41-42H,13-20H2,1-4H3,(H,33,35)(H,34,36). The van der Waals surface area contributed by atoms with E-state index in [2.05, 4.69) is 15.5 Å². The molecule has 14 nitrogen and oxygen atoms in total. The Morgan fingerprint density at radius 2 is 1.13 bits per heavy atom. The van der Waals surface area contributed by atoms with Crippen LogP contribution in [0.5, 0.6) is 5.75 Å². The molecule has 2 aromatic carbocycles. The third-order valence-corrected chi connectivity index (χ3v) is 6.06. The summed E-state index contributed by atoms with van der Waals surface area (Å²) in [7, 11) is 0. The molecule has 46 heavy (non-hydrogen) atoms. The van der Waals surface area contributed by atoms with E-state index in [1.807, 2.05) is 0 Å². The van der Waals surface area contributed by atoms with Gasteiger partial charge in [0.05, 0.1) is 6.61 Å². The first-order valence-corrected chi connectivity index (χ1v) is 14.4. The van der Waals surface area contributed by atoms with E-state index in [9.17, 15) is 39.0 Å². The number of rotatable bonds is 19. The molecule has 0 radical (unpaired) electrons. The Bertz CT molecular complexity index is 1250. The molecule has 0 aliphatic heterocycles. The Balaban J connectivity index is 1.51. The monoisotopic (exact) mass is 644 g/mol. The SMILES string of the molecule is CC(C)(O)C(=O)c1ccc(CCOOC(=O)CC(=O)NCCNC(=O)CC(=O)OCCOc2ccc(C(=O)C(C)(C)O)cc2)cc1. The van der Waals surface area contributed by atoms with Crippen LogP contribution in [0.25, 0.3) is 0 Å². The van der Waals surface area contributed by atoms with Crippen LogP contribution in [-0.4, -0.2) is 89.6 Å². The molecule has 0 atom stereocenters. The van der Waals surface area contributed by atoms with E-state index in [0.717, 1.165) is 5.56 Å². The van der Waals surface area contributed by atoms with Crippen molar-refractivity contribution in [1.29, 1.82) is 0 Å². The van der Waals surface area contributed by atoms with Crippen LogP contribution in [0, 0.1) is 0 Å². The van der Waals surface area contributed by atoms with E-state index in [4.69, 9.17) is 14.4 Å². The van der Waals surface area contributed by atoms with Gasteiger partial charge < -0.3 is 30.3 Å². The zero-order valence-electron chi connectivity index (χ0n) is 26.3. The van der Waals surface area contributed by atoms with Gasteiger partial charge in [-0.1, -0.05) is 24.3 Å². The largest absolute Gasteiger partial charge is 0.490 e. The molecule has 4 N–H and O–H groups in total. The Morgan fingerprint density at radius 1 is 0.652 bits per heavy atom. The van der Waals surface area contributed by atoms with Crippen LogP contribution in [-0.2, 0) is 40.1 Å². The molecule has 0 unspecified atom stereocenters. The van der Waals surface area contributed by atoms with Crippen LogP contribution in [0.4, 0.5) is 0 Å². The highest BCUT2D eigenvalue weighted by atomic mass is 17.2. The summed E-state index contributed by atoms with van der Waals surface area (Å²) in [5.74, 6) is -3.40. The average molecular weight is 645 g/mol. The molecule has 2 aromatic rings. The lowest BCUT2D eigenvalue weighted by atomic mass is 9.96. The van der Waals surface area contributed by atoms with E-state index in [-0.39, 0.29) is 32.9 Å². The number of esters is 1. The fourth-order valence-electron chi connectivity index (χ4n) is 3.69. The lowest BCUT2D eigenvalue weighted by molar-refractivity contribution is -0.271. The van der Waals surface area contributed by atoms with Crippen molar-refractivity contribution in [2.75, 3.05) is 32.9 Å². The first-order valence-electron chi connectivity index (χ1n) is 14.4. The summed E-state index contributed by atoms with van der Waals surface area (Å²) in [4.78, 5) is 80.9. The second-order valence-electron chi connectivity index (χ2n) is 11.1. The first kappa shape index (κ1) is 37.5. The smallest absolute Gasteiger partial charge is 0.351 e. The average Bonchev–Trinajstić information content (AvgIpc) is 2.98. The van der Waals surface area contributed by atoms with Gasteiger partial charge in [0.2, 0.25) is 11.8 Å². The number of ether oxygens (including phenoxy) is 2. The molecule has 250 valence electrons. The zero-order valence-corrected chi connectivity index (χ0v) is 26.3. The number of nitrogens with one attached hydrogen (secondary N) is 2. The lowest BCUT2D eigenvalue weighted by Gasteiger charge is -2.15. The van der Waals surface area contributed by atoms with E-state index in [1.54, 1.807) is 36.4 Å². The van der Waals surface area contributed by atoms with Crippen molar-refractivity contribution in [3.63, 3.8) is 0 Å². The summed E-state index contributed by atoms with van der Waals surface area (Å²) in [6, 6.07) is 12.6. The normalized spacial score (nSPS) is 11.3. The number of aliphatic hydroxyl groups is 2. The summed E-state index contributed by atoms with van der Waals surface area (Å²) in [6.07, 6.45) is -0.796. The Hall–Kier alpha value is -4.66. The van der Waals surface area contributed by atoms with Crippen molar-refractivity contribution in [2.24, 2.45) is 0 Å². The van der Waals surface area contributed by atoms with Crippen molar-refractivity contribution in [3.05, 3.63) is 65.2 Å². The fourth-order valence-corrected chi connectivity index (χ4v) is 3.69. The Morgan fingerprint density at radius 3 is 1.63 bits per heavy atom. The van der Waals surface area contributed by atoms with Gasteiger partial charge in [-0.3, -0.25) is 28.9 Å². The van der Waals surface area contributed by atoms with E-state index in [1.165, 1.54) is 39.8 Å². The molecule has 0 aromatic heterocycles. The van der Waals surface area contributed by atoms with Crippen LogP contribution in [0.3, 0.4) is 0 Å². The maximum absolute atomic E-state index is 12.0. The minimum Gasteiger partial charge on any atom is -0.490 e. The summed E-state index contributed by atoms with van der Waals surface area (Å²) in [6.45, 7) is 5.49. The molecule has 0 bridgehead atoms. The second-order valence-corrected chi connectivity index (χ2v) is 11.1. The minimum atomic E-state index is -1.49. The molecule has 0 aliphatic rings. The summed E-state index contributed by atoms with van der Waals surface area (Å²) >= 11 is 0. The summed E-state index contributed by atoms with van der Waals surface area (Å²) in [5, 5.41) is 24.4. The topological polar surface area (TPSA) is 204 Å². The van der Waals surface area contributed by atoms with Gasteiger partial charge >= 0.3 is 11.9 Å². The van der Waals surface area contributed by atoms with Crippen LogP contribution in [0.2, 0.25) is 0 Å². The molecular weight excluding hydrogens is 604 g/mol. The lowest BCUT2D eigenvalue weighted by Crippen LogP contribution is -2.36. The highest BCUT2D eigenvalue weighted by molar-refractivity contribution is 6.02. The van der Waals surface area contributed by atoms with Gasteiger partial charge in [0.1, 0.15) is 43.0 Å². The number of carbonyl (C=O) groups is 6. The van der Waals surface area contributed by atoms with Crippen molar-refractivity contribution in [2.45, 2.75) is 58.2 Å². The van der Waals surface area contributed by atoms with E-state index < -0.39 is 59.4 Å². The first-order chi connectivity index (χ1) is 21.6. The third kappa shape index (κ3) is 14.0. The van der Waals surface area contributed by atoms with Crippen LogP contribution in [0.15, 0.2) is 48.5 Å². The zero-order chi connectivity index (χ0) is 34.3. The van der Waals surface area contributed by atoms with E-state index in [0.29, 0.717) is 23.3 Å². The van der Waals surface area contributed by atoms with Gasteiger partial charge in [-0.05, 0) is 63.9 Å². The maximum atomic E-state index is 12.0. The van der Waals surface area contributed by atoms with Crippen molar-refractivity contribution in [3.8, 4) is 5.75 Å². The van der Waals surface area contributed by atoms with Crippen LogP contribution in [0.1, 0.15) is 66.8 Å². The van der Waals surface area contributed by atoms with Gasteiger partial charge in [-0.15, -0.1) is 0 Å². The molecule has 0 fully saturated rings. The predicted molar refractivity (Wildman–Crippen MR) is 162 cm³/mol. The van der Waals surface area contributed by atoms with Crippen molar-refractivity contribution in [1.82, 2.24) is 10.6 Å². The maximum Gasteiger partial charge on any atom is 0.351 e. The van der Waals surface area contributed by atoms with Gasteiger partial charge in [0.15, 0.2) is 11.6 Å². The fraction of sp³-hybridized carbons (Fsp3) is 0.438. The summed E-state index contributed by atoms with van der Waals surface area (Å²) in [5.41, 5.74) is -1.49. The highest BCUT2D eigenvalue weighted by Crippen LogP contribution is 2.17.